The lowest BCUT2D eigenvalue weighted by molar-refractivity contribution is -0.162. The first-order chi connectivity index (χ1) is 9.83. The zero-order valence-electron chi connectivity index (χ0n) is 13.9. The summed E-state index contributed by atoms with van der Waals surface area (Å²) in [7, 11) is 0. The molecule has 120 valence electrons. The van der Waals surface area contributed by atoms with Gasteiger partial charge in [0.05, 0.1) is 13.2 Å². The van der Waals surface area contributed by atoms with E-state index in [9.17, 15) is 9.59 Å². The lowest BCUT2D eigenvalue weighted by atomic mass is 9.66. The summed E-state index contributed by atoms with van der Waals surface area (Å²) in [4.78, 5) is 24.2. The third kappa shape index (κ3) is 4.58. The molecule has 4 nitrogen and oxygen atoms in total. The van der Waals surface area contributed by atoms with Crippen LogP contribution < -0.4 is 0 Å². The summed E-state index contributed by atoms with van der Waals surface area (Å²) in [6, 6.07) is 0. The van der Waals surface area contributed by atoms with Crippen molar-refractivity contribution in [3.05, 3.63) is 11.6 Å². The van der Waals surface area contributed by atoms with Gasteiger partial charge in [-0.15, -0.1) is 0 Å². The predicted molar refractivity (Wildman–Crippen MR) is 81.6 cm³/mol. The Morgan fingerprint density at radius 2 is 1.76 bits per heavy atom. The first-order valence-corrected chi connectivity index (χ1v) is 7.83. The maximum Gasteiger partial charge on any atom is 0.320 e. The van der Waals surface area contributed by atoms with Crippen molar-refractivity contribution in [3.8, 4) is 0 Å². The van der Waals surface area contributed by atoms with E-state index in [1.54, 1.807) is 13.8 Å². The zero-order valence-corrected chi connectivity index (χ0v) is 13.9. The van der Waals surface area contributed by atoms with E-state index in [1.165, 1.54) is 5.57 Å². The monoisotopic (exact) mass is 296 g/mol. The molecule has 0 aromatic heterocycles. The van der Waals surface area contributed by atoms with Crippen molar-refractivity contribution in [1.29, 1.82) is 0 Å². The van der Waals surface area contributed by atoms with Gasteiger partial charge in [0.15, 0.2) is 5.92 Å². The van der Waals surface area contributed by atoms with Crippen LogP contribution in [0, 0.1) is 17.3 Å². The van der Waals surface area contributed by atoms with Gasteiger partial charge in [0.2, 0.25) is 0 Å². The van der Waals surface area contributed by atoms with E-state index in [4.69, 9.17) is 9.47 Å². The Morgan fingerprint density at radius 3 is 2.19 bits per heavy atom. The first-order valence-electron chi connectivity index (χ1n) is 7.83. The summed E-state index contributed by atoms with van der Waals surface area (Å²) in [5, 5.41) is 0. The summed E-state index contributed by atoms with van der Waals surface area (Å²) in [5.41, 5.74) is 1.33. The normalized spacial score (nSPS) is 20.9. The predicted octanol–water partition coefficient (Wildman–Crippen LogP) is 3.50. The van der Waals surface area contributed by atoms with Crippen LogP contribution in [0.3, 0.4) is 0 Å². The minimum atomic E-state index is -0.823. The average molecular weight is 296 g/mol. The third-order valence-electron chi connectivity index (χ3n) is 4.36. The molecule has 4 heteroatoms. The van der Waals surface area contributed by atoms with Gasteiger partial charge in [-0.1, -0.05) is 25.5 Å². The van der Waals surface area contributed by atoms with Gasteiger partial charge in [0.1, 0.15) is 0 Å². The van der Waals surface area contributed by atoms with Crippen LogP contribution in [-0.4, -0.2) is 25.2 Å². The van der Waals surface area contributed by atoms with Crippen molar-refractivity contribution in [1.82, 2.24) is 0 Å². The maximum absolute atomic E-state index is 12.1. The van der Waals surface area contributed by atoms with Crippen LogP contribution >= 0.6 is 0 Å². The van der Waals surface area contributed by atoms with E-state index < -0.39 is 17.9 Å². The van der Waals surface area contributed by atoms with E-state index in [2.05, 4.69) is 26.8 Å². The van der Waals surface area contributed by atoms with Crippen molar-refractivity contribution >= 4 is 11.9 Å². The van der Waals surface area contributed by atoms with Crippen LogP contribution in [0.25, 0.3) is 0 Å². The maximum atomic E-state index is 12.1. The molecule has 1 atom stereocenters. The lowest BCUT2D eigenvalue weighted by Gasteiger charge is -2.39. The van der Waals surface area contributed by atoms with Crippen molar-refractivity contribution in [3.63, 3.8) is 0 Å². The molecule has 0 amide bonds. The molecule has 0 aromatic carbocycles. The summed E-state index contributed by atoms with van der Waals surface area (Å²) in [5.74, 6) is -1.56. The first kappa shape index (κ1) is 17.7. The molecule has 0 saturated heterocycles. The van der Waals surface area contributed by atoms with Crippen LogP contribution in [0.15, 0.2) is 11.6 Å². The number of hydrogen-bond acceptors (Lipinski definition) is 4. The SMILES string of the molecule is CCOC(=O)C(CC1C(C)=CCCC1(C)C)C(=O)OCC. The molecule has 1 aliphatic rings. The van der Waals surface area contributed by atoms with E-state index in [-0.39, 0.29) is 24.5 Å². The highest BCUT2D eigenvalue weighted by Crippen LogP contribution is 2.44. The molecule has 0 N–H and O–H groups in total. The van der Waals surface area contributed by atoms with Crippen molar-refractivity contribution in [2.24, 2.45) is 17.3 Å². The fourth-order valence-corrected chi connectivity index (χ4v) is 3.12. The Kier molecular flexibility index (Phi) is 6.43. The molecule has 0 bridgehead atoms. The topological polar surface area (TPSA) is 52.6 Å². The lowest BCUT2D eigenvalue weighted by Crippen LogP contribution is -2.36. The van der Waals surface area contributed by atoms with Crippen LogP contribution in [-0.2, 0) is 19.1 Å². The van der Waals surface area contributed by atoms with Crippen LogP contribution in [0.5, 0.6) is 0 Å². The van der Waals surface area contributed by atoms with Gasteiger partial charge >= 0.3 is 11.9 Å². The van der Waals surface area contributed by atoms with Crippen molar-refractivity contribution in [2.75, 3.05) is 13.2 Å². The molecular formula is C17H28O4. The van der Waals surface area contributed by atoms with Crippen LogP contribution in [0.4, 0.5) is 0 Å². The fourth-order valence-electron chi connectivity index (χ4n) is 3.12. The summed E-state index contributed by atoms with van der Waals surface area (Å²) in [6.45, 7) is 10.5. The van der Waals surface area contributed by atoms with Gasteiger partial charge in [0.25, 0.3) is 0 Å². The molecule has 21 heavy (non-hydrogen) atoms. The number of carbonyl (C=O) groups excluding carboxylic acids is 2. The minimum Gasteiger partial charge on any atom is -0.465 e. The number of ether oxygens (including phenoxy) is 2. The Labute approximate surface area is 127 Å². The highest BCUT2D eigenvalue weighted by atomic mass is 16.6. The number of rotatable bonds is 6. The van der Waals surface area contributed by atoms with Crippen molar-refractivity contribution in [2.45, 2.75) is 53.9 Å². The van der Waals surface area contributed by atoms with Gasteiger partial charge < -0.3 is 9.47 Å². The fraction of sp³-hybridized carbons (Fsp3) is 0.765. The molecule has 0 saturated carbocycles. The van der Waals surface area contributed by atoms with Gasteiger partial charge in [0, 0.05) is 0 Å². The highest BCUT2D eigenvalue weighted by molar-refractivity contribution is 5.94. The van der Waals surface area contributed by atoms with E-state index in [0.29, 0.717) is 6.42 Å². The summed E-state index contributed by atoms with van der Waals surface area (Å²) < 4.78 is 10.1. The number of esters is 2. The molecular weight excluding hydrogens is 268 g/mol. The van der Waals surface area contributed by atoms with E-state index >= 15 is 0 Å². The van der Waals surface area contributed by atoms with Crippen LogP contribution in [0.1, 0.15) is 53.9 Å². The second-order valence-corrected chi connectivity index (χ2v) is 6.32. The second kappa shape index (κ2) is 7.62. The second-order valence-electron chi connectivity index (χ2n) is 6.32. The Morgan fingerprint density at radius 1 is 1.24 bits per heavy atom. The van der Waals surface area contributed by atoms with Gasteiger partial charge in [-0.3, -0.25) is 9.59 Å². The molecule has 0 radical (unpaired) electrons. The van der Waals surface area contributed by atoms with Crippen molar-refractivity contribution < 1.29 is 19.1 Å². The van der Waals surface area contributed by atoms with Crippen LogP contribution in [0.2, 0.25) is 0 Å². The molecule has 0 aromatic rings. The Balaban J connectivity index is 2.93. The third-order valence-corrected chi connectivity index (χ3v) is 4.36. The molecule has 0 aliphatic heterocycles. The standard InChI is InChI=1S/C17H28O4/c1-6-20-15(18)13(16(19)21-7-2)11-14-12(3)9-8-10-17(14,4)5/h9,13-14H,6-8,10-11H2,1-5H3. The molecule has 1 rings (SSSR count). The Bertz CT molecular complexity index is 391. The molecule has 1 aliphatic carbocycles. The number of allylic oxidation sites excluding steroid dienone is 2. The molecule has 0 spiro atoms. The summed E-state index contributed by atoms with van der Waals surface area (Å²) in [6.07, 6.45) is 4.79. The molecule has 1 unspecified atom stereocenters. The van der Waals surface area contributed by atoms with E-state index in [0.717, 1.165) is 12.8 Å². The number of hydrogen-bond donors (Lipinski definition) is 0. The minimum absolute atomic E-state index is 0.0794. The smallest absolute Gasteiger partial charge is 0.320 e. The quantitative estimate of drug-likeness (QED) is 0.427. The summed E-state index contributed by atoms with van der Waals surface area (Å²) >= 11 is 0. The van der Waals surface area contributed by atoms with Gasteiger partial charge in [-0.05, 0) is 51.4 Å². The Hall–Kier alpha value is -1.32. The highest BCUT2D eigenvalue weighted by Gasteiger charge is 2.39. The molecule has 0 fully saturated rings. The van der Waals surface area contributed by atoms with E-state index in [1.807, 2.05) is 0 Å². The molecule has 0 heterocycles. The zero-order chi connectivity index (χ0) is 16.0. The number of carbonyl (C=O) groups is 2. The van der Waals surface area contributed by atoms with Gasteiger partial charge in [-0.25, -0.2) is 0 Å². The largest absolute Gasteiger partial charge is 0.465 e. The average Bonchev–Trinajstić information content (AvgIpc) is 2.38. The van der Waals surface area contributed by atoms with Gasteiger partial charge in [-0.2, -0.15) is 0 Å².